The molecule has 4 fully saturated rings. The number of piperidine rings is 2. The van der Waals surface area contributed by atoms with Crippen molar-refractivity contribution in [3.63, 3.8) is 0 Å². The Balaban J connectivity index is 0.000000188. The van der Waals surface area contributed by atoms with Crippen LogP contribution in [0.1, 0.15) is 103 Å². The van der Waals surface area contributed by atoms with Gasteiger partial charge in [0.15, 0.2) is 0 Å². The lowest BCUT2D eigenvalue weighted by molar-refractivity contribution is -0.138. The summed E-state index contributed by atoms with van der Waals surface area (Å²) in [5.74, 6) is -1.50. The predicted molar refractivity (Wildman–Crippen MR) is 316 cm³/mol. The molecule has 464 valence electrons. The normalized spacial score (nSPS) is 20.1. The molecule has 4 aromatic rings. The fourth-order valence-electron chi connectivity index (χ4n) is 10.8. The van der Waals surface area contributed by atoms with Gasteiger partial charge in [0.1, 0.15) is 33.8 Å². The Morgan fingerprint density at radius 2 is 0.897 bits per heavy atom. The van der Waals surface area contributed by atoms with E-state index in [4.69, 9.17) is 0 Å². The number of halogens is 7. The molecule has 8 amide bonds. The first kappa shape index (κ1) is 65.4. The summed E-state index contributed by atoms with van der Waals surface area (Å²) in [6.07, 6.45) is -7.16. The van der Waals surface area contributed by atoms with Crippen molar-refractivity contribution in [3.8, 4) is 0 Å². The minimum atomic E-state index is -4.55. The van der Waals surface area contributed by atoms with E-state index in [1.54, 1.807) is 53.7 Å². The van der Waals surface area contributed by atoms with Crippen LogP contribution < -0.4 is 31.1 Å². The van der Waals surface area contributed by atoms with Gasteiger partial charge in [0.2, 0.25) is 20.0 Å². The van der Waals surface area contributed by atoms with Gasteiger partial charge >= 0.3 is 24.4 Å². The molecule has 0 bridgehead atoms. The molecule has 0 atom stereocenters. The van der Waals surface area contributed by atoms with Gasteiger partial charge in [0.05, 0.1) is 11.1 Å². The number of urea groups is 2. The minimum absolute atomic E-state index is 0.0104. The first-order valence-electron chi connectivity index (χ1n) is 26.9. The number of amidine groups is 2. The van der Waals surface area contributed by atoms with Crippen molar-refractivity contribution in [2.45, 2.75) is 116 Å². The number of imide groups is 2. The van der Waals surface area contributed by atoms with Gasteiger partial charge in [-0.3, -0.25) is 49.6 Å². The molecule has 4 aromatic carbocycles. The molecule has 6 aliphatic rings. The lowest BCUT2D eigenvalue weighted by Gasteiger charge is -2.34. The number of anilines is 2. The van der Waals surface area contributed by atoms with Crippen LogP contribution in [0.25, 0.3) is 6.08 Å². The topological polar surface area (TPSA) is 256 Å². The number of carbonyl (C=O) groups excluding carboxylic acids is 6. The van der Waals surface area contributed by atoms with E-state index >= 15 is 0 Å². The molecular formula is C58H61BrF6N10O10S2. The van der Waals surface area contributed by atoms with Gasteiger partial charge in [0, 0.05) is 64.0 Å². The van der Waals surface area contributed by atoms with E-state index in [1.807, 2.05) is 26.0 Å². The fraction of sp³-hybridized carbons (Fsp3) is 0.379. The highest BCUT2D eigenvalue weighted by atomic mass is 79.9. The molecule has 2 spiro atoms. The van der Waals surface area contributed by atoms with Gasteiger partial charge in [0.25, 0.3) is 23.6 Å². The Hall–Kier alpha value is -7.60. The van der Waals surface area contributed by atoms with E-state index in [-0.39, 0.29) is 86.6 Å². The summed E-state index contributed by atoms with van der Waals surface area (Å²) in [5.41, 5.74) is -0.447. The SMILES string of the molecule is C=CS(=O)(=O)N1CCC2(CC1)N=C(c1cccc(C(F)(F)F)c1)NC2=O.Cc1cc(N2C(=O)NC(=O)C2(C)C)cc(C)c1/C=C/S(=O)(=O)N1CCC2(CC1)N=C(c1cccc(C(F)(F)F)c1)NC2=O.Cc1cc(N2C(=O)NC(=O)C2(C)C)cc(C)c1Br. The molecule has 4 N–H and O–H groups in total. The van der Waals surface area contributed by atoms with Crippen LogP contribution >= 0.6 is 15.9 Å². The molecule has 0 unspecified atom stereocenters. The Kier molecular flexibility index (Phi) is 17.7. The Bertz CT molecular complexity index is 3840. The predicted octanol–water partition coefficient (Wildman–Crippen LogP) is 8.66. The third-order valence-corrected chi connectivity index (χ3v) is 20.2. The number of sulfonamides is 2. The van der Waals surface area contributed by atoms with Crippen molar-refractivity contribution in [3.05, 3.63) is 145 Å². The molecule has 6 aliphatic heterocycles. The number of carbonyl (C=O) groups is 6. The quantitative estimate of drug-likeness (QED) is 0.0916. The van der Waals surface area contributed by atoms with Crippen molar-refractivity contribution in [2.24, 2.45) is 9.98 Å². The average Bonchev–Trinajstić information content (AvgIpc) is 1.80. The summed E-state index contributed by atoms with van der Waals surface area (Å²) < 4.78 is 132. The van der Waals surface area contributed by atoms with Crippen LogP contribution in [0.5, 0.6) is 0 Å². The molecular weight excluding hydrogens is 1250 g/mol. The maximum atomic E-state index is 13.2. The number of aryl methyl sites for hydroxylation is 4. The zero-order chi connectivity index (χ0) is 64.4. The Labute approximate surface area is 506 Å². The highest BCUT2D eigenvalue weighted by Gasteiger charge is 2.51. The van der Waals surface area contributed by atoms with Crippen molar-refractivity contribution >= 4 is 101 Å². The molecule has 0 radical (unpaired) electrons. The zero-order valence-electron chi connectivity index (χ0n) is 48.3. The lowest BCUT2D eigenvalue weighted by Crippen LogP contribution is -2.50. The zero-order valence-corrected chi connectivity index (χ0v) is 51.5. The van der Waals surface area contributed by atoms with Gasteiger partial charge in [-0.25, -0.2) is 26.4 Å². The van der Waals surface area contributed by atoms with Crippen LogP contribution in [0.4, 0.5) is 47.3 Å². The van der Waals surface area contributed by atoms with Crippen molar-refractivity contribution in [2.75, 3.05) is 36.0 Å². The molecule has 4 saturated heterocycles. The van der Waals surface area contributed by atoms with Crippen LogP contribution in [0.15, 0.2) is 105 Å². The number of amides is 8. The third kappa shape index (κ3) is 13.0. The van der Waals surface area contributed by atoms with Crippen LogP contribution in [-0.4, -0.2) is 121 Å². The molecule has 0 aliphatic carbocycles. The Morgan fingerprint density at radius 3 is 1.23 bits per heavy atom. The highest BCUT2D eigenvalue weighted by molar-refractivity contribution is 9.10. The summed E-state index contributed by atoms with van der Waals surface area (Å²) in [7, 11) is -7.48. The van der Waals surface area contributed by atoms with Gasteiger partial charge in [-0.2, -0.15) is 35.0 Å². The van der Waals surface area contributed by atoms with Crippen molar-refractivity contribution in [1.29, 1.82) is 0 Å². The second kappa shape index (κ2) is 23.5. The first-order valence-corrected chi connectivity index (χ1v) is 30.7. The number of benzene rings is 4. The maximum Gasteiger partial charge on any atom is 0.416 e. The summed E-state index contributed by atoms with van der Waals surface area (Å²) >= 11 is 3.49. The number of alkyl halides is 6. The van der Waals surface area contributed by atoms with E-state index in [1.165, 1.54) is 48.8 Å². The lowest BCUT2D eigenvalue weighted by atomic mass is 9.89. The van der Waals surface area contributed by atoms with E-state index in [2.05, 4.69) is 53.8 Å². The van der Waals surface area contributed by atoms with E-state index in [9.17, 15) is 71.9 Å². The van der Waals surface area contributed by atoms with Crippen molar-refractivity contribution in [1.82, 2.24) is 29.9 Å². The summed E-state index contributed by atoms with van der Waals surface area (Å²) in [6.45, 7) is 17.6. The largest absolute Gasteiger partial charge is 0.416 e. The second-order valence-corrected chi connectivity index (χ2v) is 27.1. The van der Waals surface area contributed by atoms with Crippen LogP contribution in [0.2, 0.25) is 0 Å². The molecule has 10 rings (SSSR count). The van der Waals surface area contributed by atoms with Crippen LogP contribution in [0, 0.1) is 27.7 Å². The van der Waals surface area contributed by atoms with Crippen LogP contribution in [0.3, 0.4) is 0 Å². The van der Waals surface area contributed by atoms with E-state index < -0.39 is 89.4 Å². The highest BCUT2D eigenvalue weighted by Crippen LogP contribution is 2.39. The molecule has 20 nitrogen and oxygen atoms in total. The second-order valence-electron chi connectivity index (χ2n) is 22.6. The molecule has 87 heavy (non-hydrogen) atoms. The van der Waals surface area contributed by atoms with Gasteiger partial charge < -0.3 is 10.6 Å². The number of hydrogen-bond acceptors (Lipinski definition) is 12. The van der Waals surface area contributed by atoms with E-state index in [0.29, 0.717) is 22.4 Å². The standard InChI is InChI=1S/C29H30F3N5O5S.C16H16F3N3O3S.C13H15BrN2O2/c1-17-14-21(37-26(40)34-24(38)27(37,3)4)15-18(2)22(17)8-13-43(41,42)36-11-9-28(10-12-36)25(39)33-23(35-28)19-6-5-7-20(16-19)29(30,31)32;1-2-26(24,25)22-8-6-15(7-9-22)14(23)20-13(21-15)11-4-3-5-12(10-11)16(17,18)19;1-7-5-9(6-8(2)10(7)14)16-12(18)15-11(17)13(16,3)4/h5-8,13-16H,9-12H2,1-4H3,(H,33,35,39)(H,34,38,40);2-5,10H,1,6-9H2,(H,20,21,23);5-6H,1-4H3,(H,15,17,18)/b13-8+;;. The smallest absolute Gasteiger partial charge is 0.308 e. The van der Waals surface area contributed by atoms with Gasteiger partial charge in [-0.15, -0.1) is 0 Å². The maximum absolute atomic E-state index is 13.2. The number of rotatable bonds is 9. The monoisotopic (exact) mass is 1310 g/mol. The summed E-state index contributed by atoms with van der Waals surface area (Å²) in [5, 5.41) is 11.7. The van der Waals surface area contributed by atoms with E-state index in [0.717, 1.165) is 56.4 Å². The molecule has 0 aromatic heterocycles. The number of nitrogens with zero attached hydrogens (tertiary/aromatic N) is 6. The Morgan fingerprint density at radius 1 is 0.540 bits per heavy atom. The molecule has 0 saturated carbocycles. The third-order valence-electron chi connectivity index (χ3n) is 15.9. The number of hydrogen-bond donors (Lipinski definition) is 4. The molecule has 6 heterocycles. The number of nitrogens with one attached hydrogen (secondary N) is 4. The average molecular weight is 1320 g/mol. The molecule has 29 heteroatoms. The fourth-order valence-corrected chi connectivity index (χ4v) is 13.1. The first-order chi connectivity index (χ1) is 40.3. The van der Waals surface area contributed by atoms with Gasteiger partial charge in [-0.05, 0) is 163 Å². The number of aliphatic imine (C=N–C) groups is 2. The van der Waals surface area contributed by atoms with Gasteiger partial charge in [-0.1, -0.05) is 46.8 Å². The summed E-state index contributed by atoms with van der Waals surface area (Å²) in [6, 6.07) is 15.4. The summed E-state index contributed by atoms with van der Waals surface area (Å²) in [4.78, 5) is 85.2. The van der Waals surface area contributed by atoms with Crippen LogP contribution in [-0.2, 0) is 51.6 Å². The van der Waals surface area contributed by atoms with Crippen molar-refractivity contribution < 1.29 is 71.9 Å². The minimum Gasteiger partial charge on any atom is -0.308 e.